The van der Waals surface area contributed by atoms with E-state index in [1.165, 1.54) is 27.8 Å². The molecule has 2 aliphatic carbocycles. The third-order valence-corrected chi connectivity index (χ3v) is 11.8. The first-order valence-corrected chi connectivity index (χ1v) is 19.2. The van der Waals surface area contributed by atoms with Crippen LogP contribution in [0.25, 0.3) is 78.3 Å². The molecule has 1 aliphatic heterocycles. The second kappa shape index (κ2) is 12.5. The van der Waals surface area contributed by atoms with Crippen molar-refractivity contribution in [2.75, 3.05) is 0 Å². The van der Waals surface area contributed by atoms with E-state index >= 15 is 0 Å². The summed E-state index contributed by atoms with van der Waals surface area (Å²) in [7, 11) is 0. The predicted molar refractivity (Wildman–Crippen MR) is 225 cm³/mol. The van der Waals surface area contributed by atoms with Gasteiger partial charge < -0.3 is 4.74 Å². The van der Waals surface area contributed by atoms with Gasteiger partial charge in [0.1, 0.15) is 11.9 Å². The fourth-order valence-electron chi connectivity index (χ4n) is 8.90. The third kappa shape index (κ3) is 5.15. The van der Waals surface area contributed by atoms with Gasteiger partial charge in [0, 0.05) is 62.5 Å². The van der Waals surface area contributed by atoms with Gasteiger partial charge in [-0.2, -0.15) is 0 Å². The van der Waals surface area contributed by atoms with E-state index in [4.69, 9.17) is 19.7 Å². The Morgan fingerprint density at radius 1 is 0.554 bits per heavy atom. The molecule has 3 aliphatic rings. The first-order valence-electron chi connectivity index (χ1n) is 19.2. The predicted octanol–water partition coefficient (Wildman–Crippen LogP) is 12.0. The molecule has 0 radical (unpaired) electrons. The van der Waals surface area contributed by atoms with Gasteiger partial charge in [-0.25, -0.2) is 19.9 Å². The average molecular weight is 721 g/mol. The number of nitrogens with zero attached hydrogens (tertiary/aromatic N) is 4. The smallest absolute Gasteiger partial charge is 0.160 e. The van der Waals surface area contributed by atoms with Crippen LogP contribution in [0, 0.1) is 0 Å². The quantitative estimate of drug-likeness (QED) is 0.177. The summed E-state index contributed by atoms with van der Waals surface area (Å²) in [5.41, 5.74) is 16.3. The lowest BCUT2D eigenvalue weighted by molar-refractivity contribution is 0.269. The third-order valence-electron chi connectivity index (χ3n) is 11.8. The van der Waals surface area contributed by atoms with Crippen molar-refractivity contribution in [1.29, 1.82) is 0 Å². The van der Waals surface area contributed by atoms with Crippen molar-refractivity contribution in [2.45, 2.75) is 31.3 Å². The van der Waals surface area contributed by atoms with E-state index in [1.807, 2.05) is 30.5 Å². The van der Waals surface area contributed by atoms with E-state index in [9.17, 15) is 0 Å². The van der Waals surface area contributed by atoms with Crippen LogP contribution >= 0.6 is 0 Å². The molecule has 4 heterocycles. The number of benzene rings is 5. The summed E-state index contributed by atoms with van der Waals surface area (Å²) in [6, 6.07) is 47.3. The first-order chi connectivity index (χ1) is 27.5. The van der Waals surface area contributed by atoms with Crippen molar-refractivity contribution in [3.05, 3.63) is 187 Å². The Bertz CT molecular complexity index is 2930. The maximum Gasteiger partial charge on any atom is 0.160 e. The average Bonchev–Trinajstić information content (AvgIpc) is 3.74. The van der Waals surface area contributed by atoms with Crippen LogP contribution in [0.2, 0.25) is 0 Å². The van der Waals surface area contributed by atoms with E-state index in [0.29, 0.717) is 11.5 Å². The summed E-state index contributed by atoms with van der Waals surface area (Å²) in [4.78, 5) is 19.8. The highest BCUT2D eigenvalue weighted by molar-refractivity contribution is 6.01. The molecule has 8 aromatic rings. The van der Waals surface area contributed by atoms with Crippen molar-refractivity contribution in [3.8, 4) is 73.0 Å². The van der Waals surface area contributed by atoms with E-state index < -0.39 is 0 Å². The Morgan fingerprint density at radius 2 is 1.29 bits per heavy atom. The fraction of sp³-hybridized carbons (Fsp3) is 0.0980. The number of hydrogen-bond acceptors (Lipinski definition) is 5. The molecule has 0 spiro atoms. The minimum absolute atomic E-state index is 0.0348. The fourth-order valence-corrected chi connectivity index (χ4v) is 8.90. The van der Waals surface area contributed by atoms with Gasteiger partial charge >= 0.3 is 0 Å². The molecule has 56 heavy (non-hydrogen) atoms. The number of allylic oxidation sites excluding steroid dienone is 2. The SMILES string of the molecule is CC1(C)c2ccccc2-c2ccc(-c3cc(-c4ccc(-c5c(-c6ccc7c(c6)C6C=CC=CC6O7)cnc6ncccc56)cc4)nc(-c4ccccc4)n3)cc21. The van der Waals surface area contributed by atoms with Crippen molar-refractivity contribution in [1.82, 2.24) is 19.9 Å². The van der Waals surface area contributed by atoms with E-state index in [1.54, 1.807) is 6.20 Å². The summed E-state index contributed by atoms with van der Waals surface area (Å²) in [6.45, 7) is 4.63. The molecule has 0 amide bonds. The van der Waals surface area contributed by atoms with Crippen LogP contribution in [-0.2, 0) is 5.41 Å². The lowest BCUT2D eigenvalue weighted by Crippen LogP contribution is -2.15. The van der Waals surface area contributed by atoms with Crippen LogP contribution in [0.1, 0.15) is 36.5 Å². The Labute approximate surface area is 325 Å². The number of hydrogen-bond donors (Lipinski definition) is 0. The maximum absolute atomic E-state index is 6.28. The Morgan fingerprint density at radius 3 is 2.16 bits per heavy atom. The van der Waals surface area contributed by atoms with Crippen molar-refractivity contribution in [2.24, 2.45) is 0 Å². The minimum Gasteiger partial charge on any atom is -0.485 e. The lowest BCUT2D eigenvalue weighted by Gasteiger charge is -2.22. The summed E-state index contributed by atoms with van der Waals surface area (Å²) in [5, 5.41) is 1.00. The molecule has 5 heteroatoms. The summed E-state index contributed by atoms with van der Waals surface area (Å²) in [5.74, 6) is 1.84. The maximum atomic E-state index is 6.28. The number of ether oxygens (including phenoxy) is 1. The van der Waals surface area contributed by atoms with Crippen molar-refractivity contribution in [3.63, 3.8) is 0 Å². The lowest BCUT2D eigenvalue weighted by atomic mass is 9.82. The van der Waals surface area contributed by atoms with E-state index in [-0.39, 0.29) is 17.4 Å². The molecule has 0 saturated carbocycles. The highest BCUT2D eigenvalue weighted by Crippen LogP contribution is 2.50. The van der Waals surface area contributed by atoms with E-state index in [2.05, 4.69) is 152 Å². The summed E-state index contributed by atoms with van der Waals surface area (Å²) >= 11 is 0. The minimum atomic E-state index is -0.109. The topological polar surface area (TPSA) is 60.8 Å². The molecular weight excluding hydrogens is 685 g/mol. The van der Waals surface area contributed by atoms with Gasteiger partial charge in [0.05, 0.1) is 11.4 Å². The van der Waals surface area contributed by atoms with Crippen molar-refractivity contribution >= 4 is 11.0 Å². The van der Waals surface area contributed by atoms with Gasteiger partial charge in [0.15, 0.2) is 11.5 Å². The normalized spacial score (nSPS) is 16.9. The molecular formula is C51H36N4O. The zero-order valence-corrected chi connectivity index (χ0v) is 31.0. The van der Waals surface area contributed by atoms with Gasteiger partial charge in [-0.15, -0.1) is 0 Å². The molecule has 3 aromatic heterocycles. The van der Waals surface area contributed by atoms with Crippen LogP contribution < -0.4 is 4.74 Å². The molecule has 2 unspecified atom stereocenters. The van der Waals surface area contributed by atoms with Gasteiger partial charge in [0.25, 0.3) is 0 Å². The highest BCUT2D eigenvalue weighted by atomic mass is 16.5. The van der Waals surface area contributed by atoms with Gasteiger partial charge in [0.2, 0.25) is 0 Å². The number of rotatable bonds is 5. The van der Waals surface area contributed by atoms with Crippen LogP contribution in [-0.4, -0.2) is 26.0 Å². The molecule has 11 rings (SSSR count). The second-order valence-corrected chi connectivity index (χ2v) is 15.4. The standard InChI is InChI=1S/C51H36N4O/c1-51(2)42-16-8-6-13-36(42)37-24-22-35(28-43(37)51)45-29-44(54-49(55-45)33-11-4-3-5-12-33)31-18-20-32(21-19-31)48-39-15-10-26-52-50(39)53-30-41(48)34-23-25-47-40(27-34)38-14-7-9-17-46(38)56-47/h3-30,38,46H,1-2H3. The molecule has 0 N–H and O–H groups in total. The summed E-state index contributed by atoms with van der Waals surface area (Å²) < 4.78 is 6.28. The van der Waals surface area contributed by atoms with Gasteiger partial charge in [-0.05, 0) is 75.9 Å². The largest absolute Gasteiger partial charge is 0.485 e. The van der Waals surface area contributed by atoms with Gasteiger partial charge in [-0.3, -0.25) is 0 Å². The number of pyridine rings is 2. The molecule has 266 valence electrons. The molecule has 0 bridgehead atoms. The molecule has 2 atom stereocenters. The Balaban J connectivity index is 1.02. The highest BCUT2D eigenvalue weighted by Gasteiger charge is 2.35. The zero-order chi connectivity index (χ0) is 37.4. The Kier molecular flexibility index (Phi) is 7.27. The molecule has 5 nitrogen and oxygen atoms in total. The van der Waals surface area contributed by atoms with E-state index in [0.717, 1.165) is 61.5 Å². The summed E-state index contributed by atoms with van der Waals surface area (Å²) in [6.07, 6.45) is 12.3. The molecule has 0 saturated heterocycles. The van der Waals surface area contributed by atoms with Crippen LogP contribution in [0.4, 0.5) is 0 Å². The van der Waals surface area contributed by atoms with Crippen molar-refractivity contribution < 1.29 is 4.74 Å². The second-order valence-electron chi connectivity index (χ2n) is 15.4. The van der Waals surface area contributed by atoms with Crippen LogP contribution in [0.15, 0.2) is 170 Å². The van der Waals surface area contributed by atoms with Gasteiger partial charge in [-0.1, -0.05) is 129 Å². The van der Waals surface area contributed by atoms with Crippen LogP contribution in [0.5, 0.6) is 5.75 Å². The number of fused-ring (bicyclic) bond motifs is 7. The first kappa shape index (κ1) is 32.5. The van der Waals surface area contributed by atoms with Crippen LogP contribution in [0.3, 0.4) is 0 Å². The zero-order valence-electron chi connectivity index (χ0n) is 31.0. The molecule has 0 fully saturated rings. The Hall–Kier alpha value is -6.98. The monoisotopic (exact) mass is 720 g/mol. The number of aromatic nitrogens is 4. The molecule has 5 aromatic carbocycles.